The first-order valence-electron chi connectivity index (χ1n) is 9.16. The summed E-state index contributed by atoms with van der Waals surface area (Å²) in [5.41, 5.74) is 5.74. The molecule has 0 aromatic carbocycles. The number of anilines is 2. The molecule has 2 aromatic heterocycles. The van der Waals surface area contributed by atoms with Crippen molar-refractivity contribution >= 4 is 11.6 Å². The molecule has 0 spiro atoms. The van der Waals surface area contributed by atoms with Crippen LogP contribution in [-0.4, -0.2) is 50.6 Å². The standard InChI is InChI=1S/C18H27N7O/c1-3-24-12-9-21-17(18(24)26)25-10-4-5-14(7-11-25)23(2)13-16-20-8-6-15(19)22-16/h6,8-9,12,14H,3-5,7,10-11,13H2,1-2H3,(H2,19,20,22). The highest BCUT2D eigenvalue weighted by atomic mass is 16.1. The van der Waals surface area contributed by atoms with Gasteiger partial charge in [-0.1, -0.05) is 0 Å². The molecular formula is C18H27N7O. The van der Waals surface area contributed by atoms with Crippen molar-refractivity contribution in [3.8, 4) is 0 Å². The Morgan fingerprint density at radius 2 is 2.12 bits per heavy atom. The second-order valence-corrected chi connectivity index (χ2v) is 6.73. The monoisotopic (exact) mass is 357 g/mol. The highest BCUT2D eigenvalue weighted by molar-refractivity contribution is 5.35. The van der Waals surface area contributed by atoms with Gasteiger partial charge in [0.1, 0.15) is 11.6 Å². The topological polar surface area (TPSA) is 93.2 Å². The normalized spacial score (nSPS) is 18.1. The molecule has 2 aromatic rings. The van der Waals surface area contributed by atoms with Crippen LogP contribution in [-0.2, 0) is 13.1 Å². The SMILES string of the molecule is CCn1ccnc(N2CCCC(N(C)Cc3nccc(N)n3)CC2)c1=O. The van der Waals surface area contributed by atoms with Gasteiger partial charge in [-0.3, -0.25) is 9.69 Å². The first-order valence-corrected chi connectivity index (χ1v) is 9.16. The lowest BCUT2D eigenvalue weighted by Gasteiger charge is -2.26. The van der Waals surface area contributed by atoms with Crippen LogP contribution >= 0.6 is 0 Å². The van der Waals surface area contributed by atoms with E-state index in [2.05, 4.69) is 31.8 Å². The summed E-state index contributed by atoms with van der Waals surface area (Å²) < 4.78 is 1.70. The van der Waals surface area contributed by atoms with Gasteiger partial charge in [0.2, 0.25) is 0 Å². The van der Waals surface area contributed by atoms with Crippen molar-refractivity contribution in [1.29, 1.82) is 0 Å². The molecule has 3 heterocycles. The van der Waals surface area contributed by atoms with E-state index in [1.54, 1.807) is 29.2 Å². The molecule has 2 N–H and O–H groups in total. The zero-order chi connectivity index (χ0) is 18.5. The predicted molar refractivity (Wildman–Crippen MR) is 102 cm³/mol. The van der Waals surface area contributed by atoms with E-state index in [0.29, 0.717) is 30.8 Å². The average molecular weight is 357 g/mol. The molecule has 8 nitrogen and oxygen atoms in total. The molecule has 26 heavy (non-hydrogen) atoms. The van der Waals surface area contributed by atoms with Crippen LogP contribution in [0.5, 0.6) is 0 Å². The van der Waals surface area contributed by atoms with E-state index >= 15 is 0 Å². The fourth-order valence-electron chi connectivity index (χ4n) is 3.48. The third-order valence-electron chi connectivity index (χ3n) is 4.97. The molecule has 0 radical (unpaired) electrons. The number of rotatable bonds is 5. The Morgan fingerprint density at radius 3 is 2.88 bits per heavy atom. The van der Waals surface area contributed by atoms with Crippen LogP contribution in [0, 0.1) is 0 Å². The van der Waals surface area contributed by atoms with Gasteiger partial charge in [0.25, 0.3) is 5.56 Å². The molecule has 140 valence electrons. The van der Waals surface area contributed by atoms with Crippen LogP contribution in [0.4, 0.5) is 11.6 Å². The first-order chi connectivity index (χ1) is 12.6. The fraction of sp³-hybridized carbons (Fsp3) is 0.556. The highest BCUT2D eigenvalue weighted by Crippen LogP contribution is 2.19. The summed E-state index contributed by atoms with van der Waals surface area (Å²) in [5.74, 6) is 1.80. The average Bonchev–Trinajstić information content (AvgIpc) is 2.88. The van der Waals surface area contributed by atoms with E-state index in [9.17, 15) is 4.79 Å². The Labute approximate surface area is 153 Å². The van der Waals surface area contributed by atoms with Crippen LogP contribution in [0.3, 0.4) is 0 Å². The van der Waals surface area contributed by atoms with E-state index in [0.717, 1.165) is 38.2 Å². The highest BCUT2D eigenvalue weighted by Gasteiger charge is 2.23. The number of nitrogen functional groups attached to an aromatic ring is 1. The molecule has 8 heteroatoms. The number of nitrogens with zero attached hydrogens (tertiary/aromatic N) is 6. The lowest BCUT2D eigenvalue weighted by molar-refractivity contribution is 0.212. The van der Waals surface area contributed by atoms with Crippen molar-refractivity contribution in [2.45, 2.75) is 45.3 Å². The van der Waals surface area contributed by atoms with Gasteiger partial charge in [-0.2, -0.15) is 0 Å². The van der Waals surface area contributed by atoms with Gasteiger partial charge in [-0.15, -0.1) is 0 Å². The Morgan fingerprint density at radius 1 is 1.27 bits per heavy atom. The molecule has 0 bridgehead atoms. The van der Waals surface area contributed by atoms with Crippen LogP contribution in [0.25, 0.3) is 0 Å². The maximum Gasteiger partial charge on any atom is 0.293 e. The van der Waals surface area contributed by atoms with E-state index < -0.39 is 0 Å². The Hall–Kier alpha value is -2.48. The second-order valence-electron chi connectivity index (χ2n) is 6.73. The van der Waals surface area contributed by atoms with Crippen LogP contribution in [0.1, 0.15) is 32.0 Å². The molecular weight excluding hydrogens is 330 g/mol. The zero-order valence-electron chi connectivity index (χ0n) is 15.5. The van der Waals surface area contributed by atoms with Crippen molar-refractivity contribution in [3.63, 3.8) is 0 Å². The van der Waals surface area contributed by atoms with E-state index in [4.69, 9.17) is 5.73 Å². The van der Waals surface area contributed by atoms with Gasteiger partial charge in [0, 0.05) is 44.3 Å². The van der Waals surface area contributed by atoms with Gasteiger partial charge in [0.05, 0.1) is 6.54 Å². The van der Waals surface area contributed by atoms with E-state index in [1.165, 1.54) is 0 Å². The predicted octanol–water partition coefficient (Wildman–Crippen LogP) is 1.13. The Bertz CT molecular complexity index is 791. The summed E-state index contributed by atoms with van der Waals surface area (Å²) in [6, 6.07) is 2.12. The molecule has 1 aliphatic rings. The number of aromatic nitrogens is 4. The number of nitrogens with two attached hydrogens (primary N) is 1. The quantitative estimate of drug-likeness (QED) is 0.857. The molecule has 1 fully saturated rings. The first kappa shape index (κ1) is 18.3. The summed E-state index contributed by atoms with van der Waals surface area (Å²) >= 11 is 0. The van der Waals surface area contributed by atoms with Crippen molar-refractivity contribution in [2.75, 3.05) is 30.8 Å². The van der Waals surface area contributed by atoms with Gasteiger partial charge in [-0.05, 0) is 39.3 Å². The summed E-state index contributed by atoms with van der Waals surface area (Å²) in [7, 11) is 2.09. The largest absolute Gasteiger partial charge is 0.384 e. The summed E-state index contributed by atoms with van der Waals surface area (Å²) in [4.78, 5) is 29.8. The third-order valence-corrected chi connectivity index (χ3v) is 4.97. The van der Waals surface area contributed by atoms with Crippen molar-refractivity contribution in [1.82, 2.24) is 24.4 Å². The third kappa shape index (κ3) is 4.19. The van der Waals surface area contributed by atoms with Crippen molar-refractivity contribution in [3.05, 3.63) is 40.8 Å². The van der Waals surface area contributed by atoms with Gasteiger partial charge >= 0.3 is 0 Å². The van der Waals surface area contributed by atoms with Crippen molar-refractivity contribution < 1.29 is 0 Å². The second kappa shape index (κ2) is 8.27. The van der Waals surface area contributed by atoms with Gasteiger partial charge in [0.15, 0.2) is 5.82 Å². The van der Waals surface area contributed by atoms with Gasteiger partial charge in [-0.25, -0.2) is 15.0 Å². The lowest BCUT2D eigenvalue weighted by atomic mass is 10.1. The summed E-state index contributed by atoms with van der Waals surface area (Å²) in [5, 5.41) is 0. The van der Waals surface area contributed by atoms with Crippen molar-refractivity contribution in [2.24, 2.45) is 0 Å². The zero-order valence-corrected chi connectivity index (χ0v) is 15.5. The summed E-state index contributed by atoms with van der Waals surface area (Å²) in [6.07, 6.45) is 8.22. The minimum Gasteiger partial charge on any atom is -0.384 e. The molecule has 0 aliphatic carbocycles. The maximum absolute atomic E-state index is 12.5. The van der Waals surface area contributed by atoms with Crippen LogP contribution in [0.15, 0.2) is 29.5 Å². The Balaban J connectivity index is 1.65. The smallest absolute Gasteiger partial charge is 0.293 e. The minimum absolute atomic E-state index is 0.00466. The number of aryl methyl sites for hydroxylation is 1. The molecule has 0 saturated carbocycles. The number of hydrogen-bond acceptors (Lipinski definition) is 7. The molecule has 1 unspecified atom stereocenters. The van der Waals surface area contributed by atoms with E-state index in [1.807, 2.05) is 6.92 Å². The molecule has 1 saturated heterocycles. The molecule has 3 rings (SSSR count). The van der Waals surface area contributed by atoms with Gasteiger partial charge < -0.3 is 15.2 Å². The van der Waals surface area contributed by atoms with Crippen LogP contribution < -0.4 is 16.2 Å². The number of hydrogen-bond donors (Lipinski definition) is 1. The Kier molecular flexibility index (Phi) is 5.82. The summed E-state index contributed by atoms with van der Waals surface area (Å²) in [6.45, 7) is 4.98. The lowest BCUT2D eigenvalue weighted by Crippen LogP contribution is -2.36. The van der Waals surface area contributed by atoms with Crippen LogP contribution in [0.2, 0.25) is 0 Å². The van der Waals surface area contributed by atoms with E-state index in [-0.39, 0.29) is 5.56 Å². The molecule has 1 aliphatic heterocycles. The fourth-order valence-corrected chi connectivity index (χ4v) is 3.48. The maximum atomic E-state index is 12.5. The molecule has 1 atom stereocenters. The minimum atomic E-state index is -0.00466. The molecule has 0 amide bonds.